The van der Waals surface area contributed by atoms with Crippen molar-refractivity contribution in [2.75, 3.05) is 24.4 Å². The van der Waals surface area contributed by atoms with Crippen molar-refractivity contribution in [3.63, 3.8) is 0 Å². The molecule has 0 aliphatic rings. The molecule has 2 amide bonds. The van der Waals surface area contributed by atoms with Crippen molar-refractivity contribution in [1.82, 2.24) is 15.2 Å². The summed E-state index contributed by atoms with van der Waals surface area (Å²) >= 11 is 0. The quantitative estimate of drug-likeness (QED) is 0.455. The topological polar surface area (TPSA) is 118 Å². The number of aromatic nitrogens is 3. The third-order valence-corrected chi connectivity index (χ3v) is 4.28. The van der Waals surface area contributed by atoms with Crippen molar-refractivity contribution in [2.45, 2.75) is 12.8 Å². The molecular formula is C22H23N5O4. The lowest BCUT2D eigenvalue weighted by Gasteiger charge is -2.05. The van der Waals surface area contributed by atoms with E-state index in [9.17, 15) is 9.59 Å². The molecule has 2 aromatic heterocycles. The largest absolute Gasteiger partial charge is 0.497 e. The smallest absolute Gasteiger partial charge is 0.413 e. The Hall–Kier alpha value is -4.14. The van der Waals surface area contributed by atoms with E-state index < -0.39 is 6.09 Å². The summed E-state index contributed by atoms with van der Waals surface area (Å²) < 4.78 is 10.0. The molecule has 0 atom stereocenters. The van der Waals surface area contributed by atoms with Gasteiger partial charge in [0.05, 0.1) is 12.7 Å². The fourth-order valence-corrected chi connectivity index (χ4v) is 2.73. The summed E-state index contributed by atoms with van der Waals surface area (Å²) in [4.78, 5) is 27.9. The number of carbonyl (C=O) groups excluding carboxylic acids is 2. The van der Waals surface area contributed by atoms with E-state index in [0.717, 1.165) is 29.8 Å². The van der Waals surface area contributed by atoms with Crippen molar-refractivity contribution in [3.8, 4) is 5.75 Å². The summed E-state index contributed by atoms with van der Waals surface area (Å²) in [7, 11) is 1.64. The molecule has 1 aromatic carbocycles. The minimum atomic E-state index is -0.650. The van der Waals surface area contributed by atoms with Gasteiger partial charge in [0.15, 0.2) is 5.82 Å². The Morgan fingerprint density at radius 2 is 2.00 bits per heavy atom. The van der Waals surface area contributed by atoms with Crippen LogP contribution in [0, 0.1) is 0 Å². The molecule has 0 bridgehead atoms. The molecule has 0 aliphatic heterocycles. The van der Waals surface area contributed by atoms with Gasteiger partial charge in [-0.1, -0.05) is 24.8 Å². The van der Waals surface area contributed by atoms with Gasteiger partial charge >= 0.3 is 6.09 Å². The van der Waals surface area contributed by atoms with Crippen LogP contribution in [-0.2, 0) is 17.6 Å². The molecule has 3 N–H and O–H groups in total. The van der Waals surface area contributed by atoms with Crippen molar-refractivity contribution in [1.29, 1.82) is 0 Å². The molecule has 0 unspecified atom stereocenters. The number of aryl methyl sites for hydroxylation is 2. The standard InChI is InChI=1S/C22H23N5O4/c1-3-11-31-22(29)25-19-10-8-16(14-23-19)21(28)24-20-13-17(26-27-20)9-7-15-5-4-6-18(12-15)30-2/h3-6,8,10,12-14H,1,7,9,11H2,2H3,(H,23,25,29)(H2,24,26,27,28). The number of nitrogens with one attached hydrogen (secondary N) is 3. The number of methoxy groups -OCH3 is 1. The second-order valence-electron chi connectivity index (χ2n) is 6.53. The molecule has 0 radical (unpaired) electrons. The van der Waals surface area contributed by atoms with Crippen LogP contribution in [0.4, 0.5) is 16.4 Å². The fraction of sp³-hybridized carbons (Fsp3) is 0.182. The van der Waals surface area contributed by atoms with Crippen LogP contribution in [0.15, 0.2) is 61.3 Å². The van der Waals surface area contributed by atoms with E-state index in [1.807, 2.05) is 24.3 Å². The highest BCUT2D eigenvalue weighted by molar-refractivity contribution is 6.03. The number of carbonyl (C=O) groups is 2. The molecule has 3 aromatic rings. The van der Waals surface area contributed by atoms with Crippen LogP contribution in [0.1, 0.15) is 21.6 Å². The molecule has 0 saturated carbocycles. The average Bonchev–Trinajstić information content (AvgIpc) is 3.24. The summed E-state index contributed by atoms with van der Waals surface area (Å²) in [5.74, 6) is 1.14. The maximum absolute atomic E-state index is 12.4. The Morgan fingerprint density at radius 3 is 2.74 bits per heavy atom. The Kier molecular flexibility index (Phi) is 7.36. The van der Waals surface area contributed by atoms with E-state index in [4.69, 9.17) is 9.47 Å². The lowest BCUT2D eigenvalue weighted by Crippen LogP contribution is -2.16. The number of hydrogen-bond donors (Lipinski definition) is 3. The maximum atomic E-state index is 12.4. The second-order valence-corrected chi connectivity index (χ2v) is 6.53. The molecule has 0 spiro atoms. The van der Waals surface area contributed by atoms with Gasteiger partial charge in [-0.2, -0.15) is 5.10 Å². The molecule has 31 heavy (non-hydrogen) atoms. The number of aromatic amines is 1. The number of ether oxygens (including phenoxy) is 2. The highest BCUT2D eigenvalue weighted by Gasteiger charge is 2.11. The van der Waals surface area contributed by atoms with Crippen molar-refractivity contribution in [3.05, 3.63) is 78.1 Å². The number of nitrogens with zero attached hydrogens (tertiary/aromatic N) is 2. The molecule has 9 nitrogen and oxygen atoms in total. The number of rotatable bonds is 9. The van der Waals surface area contributed by atoms with Gasteiger partial charge in [-0.15, -0.1) is 0 Å². The average molecular weight is 421 g/mol. The monoisotopic (exact) mass is 421 g/mol. The number of amides is 2. The van der Waals surface area contributed by atoms with Crippen molar-refractivity contribution >= 4 is 23.6 Å². The SMILES string of the molecule is C=CCOC(=O)Nc1ccc(C(=O)Nc2cc(CCc3cccc(OC)c3)[nH]n2)cn1. The molecule has 0 aliphatic carbocycles. The number of pyridine rings is 1. The summed E-state index contributed by atoms with van der Waals surface area (Å²) in [6.07, 6.45) is 3.71. The number of H-pyrrole nitrogens is 1. The summed E-state index contributed by atoms with van der Waals surface area (Å²) in [6.45, 7) is 3.55. The summed E-state index contributed by atoms with van der Waals surface area (Å²) in [5.41, 5.74) is 2.37. The van der Waals surface area contributed by atoms with Crippen LogP contribution in [-0.4, -0.2) is 40.9 Å². The summed E-state index contributed by atoms with van der Waals surface area (Å²) in [5, 5.41) is 12.2. The molecule has 0 fully saturated rings. The zero-order valence-electron chi connectivity index (χ0n) is 17.1. The Balaban J connectivity index is 1.52. The third-order valence-electron chi connectivity index (χ3n) is 4.28. The normalized spacial score (nSPS) is 10.2. The third kappa shape index (κ3) is 6.43. The van der Waals surface area contributed by atoms with E-state index in [2.05, 4.69) is 32.4 Å². The first kappa shape index (κ1) is 21.6. The van der Waals surface area contributed by atoms with Gasteiger partial charge in [0, 0.05) is 18.0 Å². The van der Waals surface area contributed by atoms with Crippen LogP contribution in [0.3, 0.4) is 0 Å². The van der Waals surface area contributed by atoms with E-state index in [1.54, 1.807) is 19.2 Å². The molecular weight excluding hydrogens is 398 g/mol. The zero-order chi connectivity index (χ0) is 22.1. The molecule has 2 heterocycles. The van der Waals surface area contributed by atoms with E-state index in [-0.39, 0.29) is 18.3 Å². The van der Waals surface area contributed by atoms with Crippen LogP contribution < -0.4 is 15.4 Å². The second kappa shape index (κ2) is 10.6. The van der Waals surface area contributed by atoms with Gasteiger partial charge in [0.25, 0.3) is 5.91 Å². The molecule has 160 valence electrons. The van der Waals surface area contributed by atoms with Crippen LogP contribution in [0.5, 0.6) is 5.75 Å². The van der Waals surface area contributed by atoms with Crippen molar-refractivity contribution in [2.24, 2.45) is 0 Å². The highest BCUT2D eigenvalue weighted by atomic mass is 16.5. The molecule has 3 rings (SSSR count). The van der Waals surface area contributed by atoms with Crippen LogP contribution in [0.25, 0.3) is 0 Å². The maximum Gasteiger partial charge on any atom is 0.413 e. The Labute approximate surface area is 179 Å². The van der Waals surface area contributed by atoms with Crippen LogP contribution in [0.2, 0.25) is 0 Å². The lowest BCUT2D eigenvalue weighted by atomic mass is 10.1. The number of anilines is 2. The Morgan fingerprint density at radius 1 is 1.13 bits per heavy atom. The minimum absolute atomic E-state index is 0.0948. The zero-order valence-corrected chi connectivity index (χ0v) is 17.1. The van der Waals surface area contributed by atoms with Gasteiger partial charge in [0.1, 0.15) is 18.2 Å². The molecule has 0 saturated heterocycles. The van der Waals surface area contributed by atoms with E-state index >= 15 is 0 Å². The number of benzene rings is 1. The minimum Gasteiger partial charge on any atom is -0.497 e. The van der Waals surface area contributed by atoms with E-state index in [1.165, 1.54) is 18.3 Å². The van der Waals surface area contributed by atoms with Gasteiger partial charge in [-0.05, 0) is 42.7 Å². The first-order chi connectivity index (χ1) is 15.1. The molecule has 9 heteroatoms. The first-order valence-electron chi connectivity index (χ1n) is 9.56. The van der Waals surface area contributed by atoms with E-state index in [0.29, 0.717) is 11.4 Å². The first-order valence-corrected chi connectivity index (χ1v) is 9.56. The van der Waals surface area contributed by atoms with Gasteiger partial charge in [-0.25, -0.2) is 9.78 Å². The van der Waals surface area contributed by atoms with Gasteiger partial charge < -0.3 is 14.8 Å². The van der Waals surface area contributed by atoms with Crippen molar-refractivity contribution < 1.29 is 19.1 Å². The highest BCUT2D eigenvalue weighted by Crippen LogP contribution is 2.16. The predicted octanol–water partition coefficient (Wildman–Crippen LogP) is 3.59. The lowest BCUT2D eigenvalue weighted by molar-refractivity contribution is 0.102. The Bertz CT molecular complexity index is 1050. The predicted molar refractivity (Wildman–Crippen MR) is 116 cm³/mol. The number of hydrogen-bond acceptors (Lipinski definition) is 6. The van der Waals surface area contributed by atoms with Crippen LogP contribution >= 0.6 is 0 Å². The summed E-state index contributed by atoms with van der Waals surface area (Å²) in [6, 6.07) is 12.7. The van der Waals surface area contributed by atoms with Gasteiger partial charge in [-0.3, -0.25) is 15.2 Å². The fourth-order valence-electron chi connectivity index (χ4n) is 2.73. The van der Waals surface area contributed by atoms with Gasteiger partial charge in [0.2, 0.25) is 0 Å².